The third kappa shape index (κ3) is 4.61. The van der Waals surface area contributed by atoms with Gasteiger partial charge in [-0.25, -0.2) is 0 Å². The third-order valence-electron chi connectivity index (χ3n) is 4.31. The van der Waals surface area contributed by atoms with E-state index in [1.807, 2.05) is 0 Å². The van der Waals surface area contributed by atoms with E-state index >= 15 is 0 Å². The van der Waals surface area contributed by atoms with Crippen LogP contribution in [0.1, 0.15) is 72.6 Å². The van der Waals surface area contributed by atoms with Gasteiger partial charge in [-0.2, -0.15) is 0 Å². The molecular formula is C17H30O. The highest BCUT2D eigenvalue weighted by Crippen LogP contribution is 2.42. The molecule has 0 bridgehead atoms. The van der Waals surface area contributed by atoms with Gasteiger partial charge in [0.15, 0.2) is 0 Å². The van der Waals surface area contributed by atoms with Crippen LogP contribution in [0.4, 0.5) is 0 Å². The zero-order valence-electron chi connectivity index (χ0n) is 12.7. The van der Waals surface area contributed by atoms with E-state index in [1.54, 1.807) is 11.1 Å². The molecule has 0 heterocycles. The first-order chi connectivity index (χ1) is 8.47. The van der Waals surface area contributed by atoms with Gasteiger partial charge in [0.2, 0.25) is 0 Å². The van der Waals surface area contributed by atoms with Crippen LogP contribution in [0.15, 0.2) is 22.8 Å². The molecule has 0 aliphatic heterocycles. The zero-order valence-corrected chi connectivity index (χ0v) is 12.7. The first-order valence-corrected chi connectivity index (χ1v) is 7.43. The molecule has 0 amide bonds. The minimum absolute atomic E-state index is 0.307. The quantitative estimate of drug-likeness (QED) is 0.519. The van der Waals surface area contributed by atoms with Crippen molar-refractivity contribution < 1.29 is 5.11 Å². The van der Waals surface area contributed by atoms with Crippen LogP contribution >= 0.6 is 0 Å². The second-order valence-corrected chi connectivity index (χ2v) is 6.41. The van der Waals surface area contributed by atoms with Crippen LogP contribution < -0.4 is 0 Å². The van der Waals surface area contributed by atoms with Crippen molar-refractivity contribution in [2.24, 2.45) is 5.41 Å². The van der Waals surface area contributed by atoms with Gasteiger partial charge in [0, 0.05) is 6.61 Å². The lowest BCUT2D eigenvalue weighted by Gasteiger charge is -2.35. The van der Waals surface area contributed by atoms with Crippen LogP contribution in [0.25, 0.3) is 0 Å². The lowest BCUT2D eigenvalue weighted by atomic mass is 9.71. The Balaban J connectivity index is 2.53. The number of hydrogen-bond donors (Lipinski definition) is 1. The second kappa shape index (κ2) is 7.13. The van der Waals surface area contributed by atoms with Gasteiger partial charge in [-0.3, -0.25) is 0 Å². The first-order valence-electron chi connectivity index (χ1n) is 7.43. The van der Waals surface area contributed by atoms with Gasteiger partial charge in [-0.15, -0.1) is 0 Å². The molecule has 104 valence electrons. The highest BCUT2D eigenvalue weighted by molar-refractivity contribution is 5.23. The van der Waals surface area contributed by atoms with Gasteiger partial charge in [0.25, 0.3) is 0 Å². The van der Waals surface area contributed by atoms with Crippen LogP contribution in [-0.2, 0) is 0 Å². The van der Waals surface area contributed by atoms with Gasteiger partial charge in [0.05, 0.1) is 0 Å². The van der Waals surface area contributed by atoms with E-state index in [1.165, 1.54) is 37.7 Å². The maximum Gasteiger partial charge on any atom is 0.0433 e. The van der Waals surface area contributed by atoms with Crippen LogP contribution in [-0.4, -0.2) is 11.7 Å². The van der Waals surface area contributed by atoms with E-state index < -0.39 is 0 Å². The lowest BCUT2D eigenvalue weighted by molar-refractivity contribution is 0.289. The van der Waals surface area contributed by atoms with E-state index in [-0.39, 0.29) is 0 Å². The molecule has 0 fully saturated rings. The van der Waals surface area contributed by atoms with Crippen molar-refractivity contribution in [2.75, 3.05) is 6.61 Å². The smallest absolute Gasteiger partial charge is 0.0433 e. The predicted octanol–water partition coefficient (Wildman–Crippen LogP) is 5.01. The van der Waals surface area contributed by atoms with Crippen molar-refractivity contribution in [1.29, 1.82) is 0 Å². The molecule has 0 radical (unpaired) electrons. The molecule has 0 atom stereocenters. The summed E-state index contributed by atoms with van der Waals surface area (Å²) in [6.45, 7) is 9.65. The van der Waals surface area contributed by atoms with Crippen LogP contribution in [0.5, 0.6) is 0 Å². The third-order valence-corrected chi connectivity index (χ3v) is 4.31. The summed E-state index contributed by atoms with van der Waals surface area (Å²) >= 11 is 0. The fourth-order valence-electron chi connectivity index (χ4n) is 3.09. The average molecular weight is 250 g/mol. The summed E-state index contributed by atoms with van der Waals surface area (Å²) < 4.78 is 0. The number of hydrogen-bond acceptors (Lipinski definition) is 1. The highest BCUT2D eigenvalue weighted by Gasteiger charge is 2.27. The second-order valence-electron chi connectivity index (χ2n) is 6.41. The molecule has 0 unspecified atom stereocenters. The van der Waals surface area contributed by atoms with Crippen molar-refractivity contribution >= 4 is 0 Å². The van der Waals surface area contributed by atoms with Crippen LogP contribution in [0.3, 0.4) is 0 Å². The number of unbranched alkanes of at least 4 members (excludes halogenated alkanes) is 1. The van der Waals surface area contributed by atoms with Crippen molar-refractivity contribution in [1.82, 2.24) is 0 Å². The summed E-state index contributed by atoms with van der Waals surface area (Å²) in [5.74, 6) is 0. The Bertz CT molecular complexity index is 321. The normalized spacial score (nSPS) is 20.4. The molecular weight excluding hydrogens is 220 g/mol. The molecule has 1 aliphatic carbocycles. The zero-order chi connectivity index (χ0) is 13.6. The largest absolute Gasteiger partial charge is 0.396 e. The molecule has 0 aromatic carbocycles. The topological polar surface area (TPSA) is 20.2 Å². The Kier molecular flexibility index (Phi) is 6.14. The van der Waals surface area contributed by atoms with E-state index in [4.69, 9.17) is 5.11 Å². The van der Waals surface area contributed by atoms with Gasteiger partial charge in [-0.1, -0.05) is 36.6 Å². The number of rotatable bonds is 6. The van der Waals surface area contributed by atoms with E-state index in [2.05, 4.69) is 33.8 Å². The molecule has 0 spiro atoms. The summed E-state index contributed by atoms with van der Waals surface area (Å²) in [6, 6.07) is 0. The van der Waals surface area contributed by atoms with E-state index in [0.29, 0.717) is 12.0 Å². The minimum atomic E-state index is 0.307. The fourth-order valence-corrected chi connectivity index (χ4v) is 3.09. The van der Waals surface area contributed by atoms with Gasteiger partial charge in [0.1, 0.15) is 0 Å². The summed E-state index contributed by atoms with van der Waals surface area (Å²) in [4.78, 5) is 0. The summed E-state index contributed by atoms with van der Waals surface area (Å²) in [7, 11) is 0. The fraction of sp³-hybridized carbons (Fsp3) is 0.765. The Morgan fingerprint density at radius 3 is 2.72 bits per heavy atom. The van der Waals surface area contributed by atoms with Gasteiger partial charge in [-0.05, 0) is 64.2 Å². The molecule has 0 saturated carbocycles. The van der Waals surface area contributed by atoms with Gasteiger partial charge < -0.3 is 5.11 Å². The first kappa shape index (κ1) is 15.5. The molecule has 18 heavy (non-hydrogen) atoms. The standard InChI is InChI=1S/C17H30O/c1-14(8-5-6-13-18)10-11-16-15(2)9-7-12-17(16,3)4/h8,18H,5-7,9-13H2,1-4H3/b14-8-. The molecule has 1 aliphatic rings. The molecule has 1 N–H and O–H groups in total. The highest BCUT2D eigenvalue weighted by atomic mass is 16.2. The number of aliphatic hydroxyl groups is 1. The molecule has 0 aromatic heterocycles. The summed E-state index contributed by atoms with van der Waals surface area (Å²) in [5, 5.41) is 8.78. The number of aliphatic hydroxyl groups excluding tert-OH is 1. The SMILES string of the molecule is CC1=C(CC/C(C)=C\CCCO)C(C)(C)CCC1. The molecule has 1 nitrogen and oxygen atoms in total. The Morgan fingerprint density at radius 1 is 1.39 bits per heavy atom. The van der Waals surface area contributed by atoms with Crippen molar-refractivity contribution in [2.45, 2.75) is 72.6 Å². The maximum absolute atomic E-state index is 8.78. The van der Waals surface area contributed by atoms with Gasteiger partial charge >= 0.3 is 0 Å². The Labute approximate surface area is 113 Å². The van der Waals surface area contributed by atoms with E-state index in [9.17, 15) is 0 Å². The van der Waals surface area contributed by atoms with Crippen LogP contribution in [0.2, 0.25) is 0 Å². The average Bonchev–Trinajstić information content (AvgIpc) is 2.28. The van der Waals surface area contributed by atoms with Crippen molar-refractivity contribution in [3.63, 3.8) is 0 Å². The molecule has 0 aromatic rings. The predicted molar refractivity (Wildman–Crippen MR) is 79.6 cm³/mol. The lowest BCUT2D eigenvalue weighted by Crippen LogP contribution is -2.20. The maximum atomic E-state index is 8.78. The van der Waals surface area contributed by atoms with E-state index in [0.717, 1.165) is 12.8 Å². The number of allylic oxidation sites excluding steroid dienone is 4. The molecule has 1 rings (SSSR count). The molecule has 0 saturated heterocycles. The monoisotopic (exact) mass is 250 g/mol. The van der Waals surface area contributed by atoms with Crippen LogP contribution in [0, 0.1) is 5.41 Å². The Hall–Kier alpha value is -0.560. The van der Waals surface area contributed by atoms with Crippen molar-refractivity contribution in [3.8, 4) is 0 Å². The summed E-state index contributed by atoms with van der Waals surface area (Å²) in [6.07, 6.45) is 10.6. The molecule has 1 heteroatoms. The van der Waals surface area contributed by atoms with Crippen molar-refractivity contribution in [3.05, 3.63) is 22.8 Å². The summed E-state index contributed by atoms with van der Waals surface area (Å²) in [5.41, 5.74) is 5.22. The minimum Gasteiger partial charge on any atom is -0.396 e. The Morgan fingerprint density at radius 2 is 2.11 bits per heavy atom.